The summed E-state index contributed by atoms with van der Waals surface area (Å²) in [4.78, 5) is 0. The molecule has 1 aromatic rings. The third-order valence-corrected chi connectivity index (χ3v) is 2.19. The molecule has 4 N–H and O–H groups in total. The number of halogens is 1. The van der Waals surface area contributed by atoms with E-state index in [1.807, 2.05) is 0 Å². The molecule has 1 atom stereocenters. The van der Waals surface area contributed by atoms with Crippen molar-refractivity contribution in [2.45, 2.75) is 12.6 Å². The molecule has 90 valence electrons. The van der Waals surface area contributed by atoms with E-state index in [2.05, 4.69) is 5.32 Å². The highest BCUT2D eigenvalue weighted by atomic mass is 19.1. The largest absolute Gasteiger partial charge is 0.494 e. The summed E-state index contributed by atoms with van der Waals surface area (Å²) in [5, 5.41) is 11.7. The molecule has 5 heteroatoms. The van der Waals surface area contributed by atoms with E-state index in [9.17, 15) is 4.39 Å². The quantitative estimate of drug-likeness (QED) is 0.652. The summed E-state index contributed by atoms with van der Waals surface area (Å²) in [6, 6.07) is 4.48. The van der Waals surface area contributed by atoms with Crippen LogP contribution in [-0.2, 0) is 6.54 Å². The van der Waals surface area contributed by atoms with E-state index in [4.69, 9.17) is 15.6 Å². The van der Waals surface area contributed by atoms with Gasteiger partial charge in [0, 0.05) is 19.1 Å². The predicted octanol–water partition coefficient (Wildman–Crippen LogP) is 0.244. The molecule has 0 amide bonds. The molecule has 0 bridgehead atoms. The second kappa shape index (κ2) is 6.42. The van der Waals surface area contributed by atoms with Gasteiger partial charge in [-0.1, -0.05) is 6.07 Å². The van der Waals surface area contributed by atoms with Crippen LogP contribution < -0.4 is 15.8 Å². The molecule has 0 aromatic heterocycles. The molecule has 0 aliphatic rings. The van der Waals surface area contributed by atoms with Gasteiger partial charge in [0.2, 0.25) is 0 Å². The molecule has 1 unspecified atom stereocenters. The van der Waals surface area contributed by atoms with Crippen LogP contribution in [0.15, 0.2) is 18.2 Å². The zero-order chi connectivity index (χ0) is 12.0. The van der Waals surface area contributed by atoms with Gasteiger partial charge in [-0.2, -0.15) is 0 Å². The summed E-state index contributed by atoms with van der Waals surface area (Å²) >= 11 is 0. The summed E-state index contributed by atoms with van der Waals surface area (Å²) in [5.41, 5.74) is 6.31. The van der Waals surface area contributed by atoms with Crippen molar-refractivity contribution >= 4 is 0 Å². The molecule has 0 aliphatic heterocycles. The van der Waals surface area contributed by atoms with Gasteiger partial charge in [0.15, 0.2) is 11.6 Å². The van der Waals surface area contributed by atoms with E-state index in [-0.39, 0.29) is 24.2 Å². The molecular weight excluding hydrogens is 211 g/mol. The van der Waals surface area contributed by atoms with Crippen LogP contribution in [-0.4, -0.2) is 31.4 Å². The van der Waals surface area contributed by atoms with Crippen molar-refractivity contribution in [1.29, 1.82) is 0 Å². The van der Waals surface area contributed by atoms with Crippen molar-refractivity contribution in [2.75, 3.05) is 20.3 Å². The van der Waals surface area contributed by atoms with Crippen LogP contribution in [0.25, 0.3) is 0 Å². The number of rotatable bonds is 6. The SMILES string of the molecule is COc1ccc(CNCC(N)CO)cc1F. The van der Waals surface area contributed by atoms with Gasteiger partial charge in [-0.25, -0.2) is 4.39 Å². The molecule has 0 saturated heterocycles. The Bertz CT molecular complexity index is 334. The molecule has 0 radical (unpaired) electrons. The Morgan fingerprint density at radius 3 is 2.88 bits per heavy atom. The monoisotopic (exact) mass is 228 g/mol. The average Bonchev–Trinajstić information content (AvgIpc) is 2.29. The number of ether oxygens (including phenoxy) is 1. The number of nitrogens with two attached hydrogens (primary N) is 1. The zero-order valence-electron chi connectivity index (χ0n) is 9.24. The fraction of sp³-hybridized carbons (Fsp3) is 0.455. The van der Waals surface area contributed by atoms with Crippen molar-refractivity contribution in [3.8, 4) is 5.75 Å². The molecule has 0 heterocycles. The standard InChI is InChI=1S/C11H17FN2O2/c1-16-11-3-2-8(4-10(11)12)5-14-6-9(13)7-15/h2-4,9,14-15H,5-7,13H2,1H3. The van der Waals surface area contributed by atoms with Crippen molar-refractivity contribution in [2.24, 2.45) is 5.73 Å². The summed E-state index contributed by atoms with van der Waals surface area (Å²) in [7, 11) is 1.43. The van der Waals surface area contributed by atoms with E-state index in [0.717, 1.165) is 5.56 Å². The second-order valence-electron chi connectivity index (χ2n) is 3.54. The van der Waals surface area contributed by atoms with E-state index in [1.54, 1.807) is 12.1 Å². The lowest BCUT2D eigenvalue weighted by atomic mass is 10.2. The number of benzene rings is 1. The molecule has 0 spiro atoms. The van der Waals surface area contributed by atoms with Gasteiger partial charge in [-0.05, 0) is 17.7 Å². The van der Waals surface area contributed by atoms with Crippen LogP contribution in [0.3, 0.4) is 0 Å². The third-order valence-electron chi connectivity index (χ3n) is 2.19. The van der Waals surface area contributed by atoms with Gasteiger partial charge >= 0.3 is 0 Å². The average molecular weight is 228 g/mol. The minimum atomic E-state index is -0.381. The van der Waals surface area contributed by atoms with Crippen LogP contribution in [0.1, 0.15) is 5.56 Å². The minimum absolute atomic E-state index is 0.0655. The van der Waals surface area contributed by atoms with Gasteiger partial charge in [0.1, 0.15) is 0 Å². The van der Waals surface area contributed by atoms with Gasteiger partial charge in [-0.3, -0.25) is 0 Å². The maximum absolute atomic E-state index is 13.3. The Morgan fingerprint density at radius 1 is 1.56 bits per heavy atom. The van der Waals surface area contributed by atoms with Gasteiger partial charge in [0.05, 0.1) is 13.7 Å². The summed E-state index contributed by atoms with van der Waals surface area (Å²) < 4.78 is 18.1. The number of hydrogen-bond donors (Lipinski definition) is 3. The van der Waals surface area contributed by atoms with Gasteiger partial charge in [0.25, 0.3) is 0 Å². The second-order valence-corrected chi connectivity index (χ2v) is 3.54. The number of methoxy groups -OCH3 is 1. The number of aliphatic hydroxyl groups is 1. The highest BCUT2D eigenvalue weighted by Crippen LogP contribution is 2.17. The zero-order valence-corrected chi connectivity index (χ0v) is 9.24. The topological polar surface area (TPSA) is 67.5 Å². The minimum Gasteiger partial charge on any atom is -0.494 e. The van der Waals surface area contributed by atoms with Crippen LogP contribution in [0.4, 0.5) is 4.39 Å². The first kappa shape index (κ1) is 12.9. The first-order valence-corrected chi connectivity index (χ1v) is 5.07. The highest BCUT2D eigenvalue weighted by molar-refractivity contribution is 5.29. The van der Waals surface area contributed by atoms with Crippen LogP contribution in [0.2, 0.25) is 0 Å². The van der Waals surface area contributed by atoms with E-state index < -0.39 is 0 Å². The molecule has 0 aliphatic carbocycles. The Morgan fingerprint density at radius 2 is 2.31 bits per heavy atom. The van der Waals surface area contributed by atoms with Crippen LogP contribution in [0, 0.1) is 5.82 Å². The van der Waals surface area contributed by atoms with E-state index in [0.29, 0.717) is 13.1 Å². The van der Waals surface area contributed by atoms with Crippen molar-refractivity contribution in [1.82, 2.24) is 5.32 Å². The first-order valence-electron chi connectivity index (χ1n) is 5.07. The lowest BCUT2D eigenvalue weighted by Crippen LogP contribution is -2.36. The molecule has 4 nitrogen and oxygen atoms in total. The Kier molecular flexibility index (Phi) is 5.18. The van der Waals surface area contributed by atoms with E-state index >= 15 is 0 Å². The molecule has 0 saturated carbocycles. The Hall–Kier alpha value is -1.17. The first-order chi connectivity index (χ1) is 7.67. The van der Waals surface area contributed by atoms with Crippen molar-refractivity contribution < 1.29 is 14.2 Å². The van der Waals surface area contributed by atoms with Crippen molar-refractivity contribution in [3.05, 3.63) is 29.6 Å². The summed E-state index contributed by atoms with van der Waals surface area (Å²) in [6.07, 6.45) is 0. The summed E-state index contributed by atoms with van der Waals surface area (Å²) in [5.74, 6) is -0.149. The van der Waals surface area contributed by atoms with Crippen molar-refractivity contribution in [3.63, 3.8) is 0 Å². The molecular formula is C11H17FN2O2. The highest BCUT2D eigenvalue weighted by Gasteiger charge is 2.04. The predicted molar refractivity (Wildman–Crippen MR) is 59.7 cm³/mol. The Labute approximate surface area is 94.2 Å². The maximum Gasteiger partial charge on any atom is 0.165 e. The maximum atomic E-state index is 13.3. The van der Waals surface area contributed by atoms with Gasteiger partial charge < -0.3 is 20.9 Å². The fourth-order valence-electron chi connectivity index (χ4n) is 1.29. The third kappa shape index (κ3) is 3.77. The molecule has 16 heavy (non-hydrogen) atoms. The number of nitrogens with one attached hydrogen (secondary N) is 1. The number of hydrogen-bond acceptors (Lipinski definition) is 4. The summed E-state index contributed by atoms with van der Waals surface area (Å²) in [6.45, 7) is 0.933. The lowest BCUT2D eigenvalue weighted by molar-refractivity contribution is 0.262. The fourth-order valence-corrected chi connectivity index (χ4v) is 1.29. The van der Waals surface area contributed by atoms with Crippen LogP contribution in [0.5, 0.6) is 5.75 Å². The molecule has 1 rings (SSSR count). The van der Waals surface area contributed by atoms with Crippen LogP contribution >= 0.6 is 0 Å². The number of aliphatic hydroxyl groups excluding tert-OH is 1. The normalized spacial score (nSPS) is 12.5. The smallest absolute Gasteiger partial charge is 0.165 e. The molecule has 0 fully saturated rings. The van der Waals surface area contributed by atoms with Gasteiger partial charge in [-0.15, -0.1) is 0 Å². The van der Waals surface area contributed by atoms with E-state index in [1.165, 1.54) is 13.2 Å². The lowest BCUT2D eigenvalue weighted by Gasteiger charge is -2.10. The Balaban J connectivity index is 2.46. The molecule has 1 aromatic carbocycles.